The van der Waals surface area contributed by atoms with Crippen molar-refractivity contribution in [3.8, 4) is 0 Å². The van der Waals surface area contributed by atoms with Crippen LogP contribution in [0.15, 0.2) is 24.3 Å². The molecule has 0 radical (unpaired) electrons. The van der Waals surface area contributed by atoms with Crippen LogP contribution in [0.1, 0.15) is 25.3 Å². The van der Waals surface area contributed by atoms with Crippen LogP contribution in [0.5, 0.6) is 0 Å². The van der Waals surface area contributed by atoms with Crippen LogP contribution in [0.4, 0.5) is 0 Å². The van der Waals surface area contributed by atoms with Crippen LogP contribution in [-0.2, 0) is 16.1 Å². The fraction of sp³-hybridized carbons (Fsp3) is 0.533. The monoisotopic (exact) mass is 296 g/mol. The lowest BCUT2D eigenvalue weighted by Crippen LogP contribution is -2.52. The summed E-state index contributed by atoms with van der Waals surface area (Å²) in [5, 5.41) is 0.704. The highest BCUT2D eigenvalue weighted by molar-refractivity contribution is 6.30. The maximum Gasteiger partial charge on any atom is 0.248 e. The first-order valence-electron chi connectivity index (χ1n) is 6.89. The molecule has 0 aliphatic carbocycles. The first-order valence-corrected chi connectivity index (χ1v) is 7.26. The van der Waals surface area contributed by atoms with E-state index in [9.17, 15) is 4.79 Å². The zero-order valence-corrected chi connectivity index (χ0v) is 12.5. The van der Waals surface area contributed by atoms with Gasteiger partial charge in [-0.25, -0.2) is 0 Å². The second-order valence-electron chi connectivity index (χ2n) is 5.51. The quantitative estimate of drug-likeness (QED) is 0.906. The second kappa shape index (κ2) is 6.57. The molecule has 1 aliphatic heterocycles. The molecule has 4 nitrogen and oxygen atoms in total. The van der Waals surface area contributed by atoms with Crippen LogP contribution in [0.2, 0.25) is 5.02 Å². The molecular formula is C15H21ClN2O2. The standard InChI is InChI=1S/C15H21ClN2O2/c1-15(7-2-8-17)11-18(14(19)10-20-15)9-12-3-5-13(16)6-4-12/h3-6H,2,7-11,17H2,1H3. The summed E-state index contributed by atoms with van der Waals surface area (Å²) in [5.41, 5.74) is 6.34. The summed E-state index contributed by atoms with van der Waals surface area (Å²) in [6.45, 7) is 4.04. The molecular weight excluding hydrogens is 276 g/mol. The molecule has 1 amide bonds. The molecule has 110 valence electrons. The Bertz CT molecular complexity index is 463. The van der Waals surface area contributed by atoms with E-state index in [1.807, 2.05) is 36.1 Å². The van der Waals surface area contributed by atoms with Gasteiger partial charge in [0.25, 0.3) is 0 Å². The lowest BCUT2D eigenvalue weighted by molar-refractivity contribution is -0.163. The number of hydrogen-bond donors (Lipinski definition) is 1. The predicted molar refractivity (Wildman–Crippen MR) is 79.5 cm³/mol. The van der Waals surface area contributed by atoms with Crippen molar-refractivity contribution in [2.45, 2.75) is 31.9 Å². The van der Waals surface area contributed by atoms with Gasteiger partial charge in [0.2, 0.25) is 5.91 Å². The Kier molecular flexibility index (Phi) is 5.02. The van der Waals surface area contributed by atoms with Gasteiger partial charge in [-0.1, -0.05) is 23.7 Å². The van der Waals surface area contributed by atoms with Crippen LogP contribution >= 0.6 is 11.6 Å². The number of benzene rings is 1. The third-order valence-corrected chi connectivity index (χ3v) is 3.87. The fourth-order valence-electron chi connectivity index (χ4n) is 2.45. The van der Waals surface area contributed by atoms with Crippen LogP contribution in [0, 0.1) is 0 Å². The molecule has 1 saturated heterocycles. The molecule has 0 spiro atoms. The smallest absolute Gasteiger partial charge is 0.248 e. The Labute approximate surface area is 124 Å². The van der Waals surface area contributed by atoms with Gasteiger partial charge >= 0.3 is 0 Å². The maximum atomic E-state index is 12.0. The van der Waals surface area contributed by atoms with E-state index in [0.717, 1.165) is 18.4 Å². The van der Waals surface area contributed by atoms with Crippen LogP contribution in [0.25, 0.3) is 0 Å². The van der Waals surface area contributed by atoms with Gasteiger partial charge in [0.15, 0.2) is 0 Å². The van der Waals surface area contributed by atoms with Crippen LogP contribution < -0.4 is 5.73 Å². The molecule has 1 heterocycles. The molecule has 0 aromatic heterocycles. The van der Waals surface area contributed by atoms with Crippen molar-refractivity contribution in [3.05, 3.63) is 34.9 Å². The van der Waals surface area contributed by atoms with Gasteiger partial charge in [-0.2, -0.15) is 0 Å². The topological polar surface area (TPSA) is 55.6 Å². The fourth-order valence-corrected chi connectivity index (χ4v) is 2.57. The van der Waals surface area contributed by atoms with Crippen LogP contribution in [0.3, 0.4) is 0 Å². The van der Waals surface area contributed by atoms with Crippen LogP contribution in [-0.4, -0.2) is 36.1 Å². The summed E-state index contributed by atoms with van der Waals surface area (Å²) in [7, 11) is 0. The number of morpholine rings is 1. The molecule has 2 rings (SSSR count). The number of halogens is 1. The van der Waals surface area contributed by atoms with E-state index in [-0.39, 0.29) is 18.1 Å². The van der Waals surface area contributed by atoms with Crippen molar-refractivity contribution in [2.75, 3.05) is 19.7 Å². The summed E-state index contributed by atoms with van der Waals surface area (Å²) in [5.74, 6) is 0.0326. The Balaban J connectivity index is 2.01. The molecule has 2 N–H and O–H groups in total. The number of nitrogens with zero attached hydrogens (tertiary/aromatic N) is 1. The highest BCUT2D eigenvalue weighted by Crippen LogP contribution is 2.24. The van der Waals surface area contributed by atoms with Gasteiger partial charge < -0.3 is 15.4 Å². The lowest BCUT2D eigenvalue weighted by Gasteiger charge is -2.40. The van der Waals surface area contributed by atoms with Gasteiger partial charge in [-0.05, 0) is 44.0 Å². The van der Waals surface area contributed by atoms with Gasteiger partial charge in [0, 0.05) is 18.1 Å². The SMILES string of the molecule is CC1(CCCN)CN(Cc2ccc(Cl)cc2)C(=O)CO1. The molecule has 5 heteroatoms. The molecule has 1 aromatic rings. The largest absolute Gasteiger partial charge is 0.364 e. The number of carbonyl (C=O) groups excluding carboxylic acids is 1. The normalized spacial score (nSPS) is 23.1. The minimum Gasteiger partial charge on any atom is -0.364 e. The lowest BCUT2D eigenvalue weighted by atomic mass is 9.97. The number of carbonyl (C=O) groups is 1. The molecule has 0 bridgehead atoms. The summed E-state index contributed by atoms with van der Waals surface area (Å²) in [6, 6.07) is 7.58. The van der Waals surface area contributed by atoms with Gasteiger partial charge in [0.05, 0.1) is 5.60 Å². The number of amides is 1. The molecule has 1 fully saturated rings. The van der Waals surface area contributed by atoms with E-state index >= 15 is 0 Å². The number of nitrogens with two attached hydrogens (primary N) is 1. The highest BCUT2D eigenvalue weighted by Gasteiger charge is 2.35. The molecule has 1 aliphatic rings. The van der Waals surface area contributed by atoms with Gasteiger partial charge in [0.1, 0.15) is 6.61 Å². The maximum absolute atomic E-state index is 12.0. The third kappa shape index (κ3) is 3.95. The molecule has 1 atom stereocenters. The number of hydrogen-bond acceptors (Lipinski definition) is 3. The van der Waals surface area contributed by atoms with Gasteiger partial charge in [-0.15, -0.1) is 0 Å². The predicted octanol–water partition coefficient (Wildman–Crippen LogP) is 2.20. The van der Waals surface area contributed by atoms with E-state index in [4.69, 9.17) is 22.1 Å². The molecule has 0 saturated carbocycles. The Hall–Kier alpha value is -1.10. The zero-order chi connectivity index (χ0) is 14.6. The van der Waals surface area contributed by atoms with Gasteiger partial charge in [-0.3, -0.25) is 4.79 Å². The minimum atomic E-state index is -0.292. The van der Waals surface area contributed by atoms with E-state index in [0.29, 0.717) is 24.7 Å². The highest BCUT2D eigenvalue weighted by atomic mass is 35.5. The Morgan fingerprint density at radius 1 is 1.40 bits per heavy atom. The van der Waals surface area contributed by atoms with Crippen molar-refractivity contribution < 1.29 is 9.53 Å². The number of rotatable bonds is 5. The molecule has 1 aromatic carbocycles. The van der Waals surface area contributed by atoms with Crippen molar-refractivity contribution in [3.63, 3.8) is 0 Å². The third-order valence-electron chi connectivity index (χ3n) is 3.62. The van der Waals surface area contributed by atoms with Crippen molar-refractivity contribution >= 4 is 17.5 Å². The first kappa shape index (κ1) is 15.3. The summed E-state index contributed by atoms with van der Waals surface area (Å²) >= 11 is 5.87. The molecule has 1 unspecified atom stereocenters. The molecule has 20 heavy (non-hydrogen) atoms. The number of ether oxygens (including phenoxy) is 1. The summed E-state index contributed by atoms with van der Waals surface area (Å²) < 4.78 is 5.70. The van der Waals surface area contributed by atoms with Crippen molar-refractivity contribution in [1.29, 1.82) is 0 Å². The first-order chi connectivity index (χ1) is 9.52. The Morgan fingerprint density at radius 2 is 2.10 bits per heavy atom. The minimum absolute atomic E-state index is 0.0326. The summed E-state index contributed by atoms with van der Waals surface area (Å²) in [4.78, 5) is 13.8. The summed E-state index contributed by atoms with van der Waals surface area (Å²) in [6.07, 6.45) is 1.77. The van der Waals surface area contributed by atoms with E-state index < -0.39 is 0 Å². The zero-order valence-electron chi connectivity index (χ0n) is 11.8. The van der Waals surface area contributed by atoms with E-state index in [2.05, 4.69) is 0 Å². The van der Waals surface area contributed by atoms with E-state index in [1.54, 1.807) is 0 Å². The van der Waals surface area contributed by atoms with Crippen molar-refractivity contribution in [2.24, 2.45) is 5.73 Å². The second-order valence-corrected chi connectivity index (χ2v) is 5.94. The van der Waals surface area contributed by atoms with E-state index in [1.165, 1.54) is 0 Å². The average molecular weight is 297 g/mol. The Morgan fingerprint density at radius 3 is 2.75 bits per heavy atom. The average Bonchev–Trinajstić information content (AvgIpc) is 2.44. The van der Waals surface area contributed by atoms with Crippen molar-refractivity contribution in [1.82, 2.24) is 4.90 Å².